The molecule has 98 valence electrons. The number of hydrogen-bond acceptors (Lipinski definition) is 3. The first kappa shape index (κ1) is 12.4. The van der Waals surface area contributed by atoms with Crippen LogP contribution in [0.5, 0.6) is 5.75 Å². The highest BCUT2D eigenvalue weighted by atomic mass is 32.1. The zero-order valence-corrected chi connectivity index (χ0v) is 11.7. The van der Waals surface area contributed by atoms with E-state index >= 15 is 0 Å². The van der Waals surface area contributed by atoms with Crippen LogP contribution in [0.2, 0.25) is 0 Å². The van der Waals surface area contributed by atoms with Crippen LogP contribution in [0.3, 0.4) is 0 Å². The van der Waals surface area contributed by atoms with Gasteiger partial charge in [0.1, 0.15) is 5.75 Å². The van der Waals surface area contributed by atoms with E-state index in [1.165, 1.54) is 4.88 Å². The predicted molar refractivity (Wildman–Crippen MR) is 77.3 cm³/mol. The van der Waals surface area contributed by atoms with Crippen LogP contribution < -0.4 is 4.74 Å². The molecule has 1 aliphatic heterocycles. The van der Waals surface area contributed by atoms with Crippen LogP contribution in [0.4, 0.5) is 0 Å². The van der Waals surface area contributed by atoms with Gasteiger partial charge in [0.25, 0.3) is 0 Å². The molecule has 0 spiro atoms. The molecular weight excluding hydrogens is 256 g/mol. The van der Waals surface area contributed by atoms with Gasteiger partial charge in [0.05, 0.1) is 17.4 Å². The van der Waals surface area contributed by atoms with Crippen LogP contribution in [-0.2, 0) is 6.42 Å². The molecule has 19 heavy (non-hydrogen) atoms. The van der Waals surface area contributed by atoms with Gasteiger partial charge in [-0.25, -0.2) is 0 Å². The molecule has 0 bridgehead atoms. The molecule has 1 unspecified atom stereocenters. The number of aryl methyl sites for hydroxylation is 1. The van der Waals surface area contributed by atoms with Gasteiger partial charge in [-0.05, 0) is 31.0 Å². The number of hydrogen-bond donors (Lipinski definition) is 0. The summed E-state index contributed by atoms with van der Waals surface area (Å²) in [7, 11) is 0. The van der Waals surface area contributed by atoms with Crippen molar-refractivity contribution < 1.29 is 9.53 Å². The summed E-state index contributed by atoms with van der Waals surface area (Å²) in [4.78, 5) is 14.8. The van der Waals surface area contributed by atoms with Crippen LogP contribution >= 0.6 is 11.3 Å². The largest absolute Gasteiger partial charge is 0.493 e. The minimum absolute atomic E-state index is 0.0479. The Morgan fingerprint density at radius 2 is 2.16 bits per heavy atom. The Morgan fingerprint density at radius 1 is 1.32 bits per heavy atom. The van der Waals surface area contributed by atoms with Crippen molar-refractivity contribution in [2.24, 2.45) is 0 Å². The number of benzene rings is 1. The van der Waals surface area contributed by atoms with Gasteiger partial charge in [-0.15, -0.1) is 11.3 Å². The molecule has 0 radical (unpaired) electrons. The summed E-state index contributed by atoms with van der Waals surface area (Å²) in [6, 6.07) is 11.9. The van der Waals surface area contributed by atoms with E-state index in [0.29, 0.717) is 6.61 Å². The lowest BCUT2D eigenvalue weighted by Crippen LogP contribution is -2.20. The molecule has 1 aliphatic rings. The van der Waals surface area contributed by atoms with E-state index in [9.17, 15) is 4.79 Å². The number of carbonyl (C=O) groups excluding carboxylic acids is 1. The van der Waals surface area contributed by atoms with Crippen molar-refractivity contribution in [1.82, 2.24) is 0 Å². The second-order valence-electron chi connectivity index (χ2n) is 4.71. The lowest BCUT2D eigenvalue weighted by molar-refractivity contribution is 0.0937. The molecule has 0 fully saturated rings. The fourth-order valence-electron chi connectivity index (χ4n) is 2.49. The first-order valence-corrected chi connectivity index (χ1v) is 7.46. The van der Waals surface area contributed by atoms with Gasteiger partial charge in [-0.2, -0.15) is 0 Å². The zero-order chi connectivity index (χ0) is 13.2. The average molecular weight is 272 g/mol. The number of rotatable bonds is 3. The normalized spacial score (nSPS) is 17.6. The van der Waals surface area contributed by atoms with Gasteiger partial charge in [-0.3, -0.25) is 4.79 Å². The van der Waals surface area contributed by atoms with Crippen LogP contribution in [0.25, 0.3) is 0 Å². The van der Waals surface area contributed by atoms with Crippen LogP contribution in [-0.4, -0.2) is 12.4 Å². The fourth-order valence-corrected chi connectivity index (χ4v) is 3.43. The Bertz CT molecular complexity index is 600. The maximum Gasteiger partial charge on any atom is 0.180 e. The van der Waals surface area contributed by atoms with Crippen LogP contribution in [0, 0.1) is 0 Å². The van der Waals surface area contributed by atoms with E-state index in [-0.39, 0.29) is 11.7 Å². The standard InChI is InChI=1S/C16H16O2S/c1-2-11-7-8-15(19-11)16(17)13-9-10-18-14-6-4-3-5-12(13)14/h3-8,13H,2,9-10H2,1H3. The second-order valence-corrected chi connectivity index (χ2v) is 5.88. The van der Waals surface area contributed by atoms with Gasteiger partial charge in [0, 0.05) is 10.4 Å². The zero-order valence-electron chi connectivity index (χ0n) is 10.9. The number of para-hydroxylation sites is 1. The third kappa shape index (κ3) is 2.30. The van der Waals surface area contributed by atoms with Crippen LogP contribution in [0.15, 0.2) is 36.4 Å². The minimum Gasteiger partial charge on any atom is -0.493 e. The molecule has 0 N–H and O–H groups in total. The predicted octanol–water partition coefficient (Wildman–Crippen LogP) is 4.06. The molecule has 2 aromatic rings. The van der Waals surface area contributed by atoms with Crippen molar-refractivity contribution in [3.8, 4) is 5.75 Å². The quantitative estimate of drug-likeness (QED) is 0.788. The van der Waals surface area contributed by atoms with Crippen molar-refractivity contribution in [2.45, 2.75) is 25.7 Å². The molecule has 3 rings (SSSR count). The summed E-state index contributed by atoms with van der Waals surface area (Å²) in [6.45, 7) is 2.74. The van der Waals surface area contributed by atoms with Gasteiger partial charge >= 0.3 is 0 Å². The van der Waals surface area contributed by atoms with Gasteiger partial charge < -0.3 is 4.74 Å². The highest BCUT2D eigenvalue weighted by Gasteiger charge is 2.28. The van der Waals surface area contributed by atoms with Crippen molar-refractivity contribution in [2.75, 3.05) is 6.61 Å². The first-order chi connectivity index (χ1) is 9.29. The Morgan fingerprint density at radius 3 is 2.95 bits per heavy atom. The lowest BCUT2D eigenvalue weighted by Gasteiger charge is -2.24. The van der Waals surface area contributed by atoms with Crippen molar-refractivity contribution in [3.63, 3.8) is 0 Å². The van der Waals surface area contributed by atoms with Crippen molar-refractivity contribution in [3.05, 3.63) is 51.7 Å². The number of thiophene rings is 1. The molecule has 1 aromatic carbocycles. The molecule has 2 heterocycles. The number of ether oxygens (including phenoxy) is 1. The van der Waals surface area contributed by atoms with Crippen molar-refractivity contribution >= 4 is 17.1 Å². The van der Waals surface area contributed by atoms with Gasteiger partial charge in [0.15, 0.2) is 5.78 Å². The minimum atomic E-state index is -0.0479. The van der Waals surface area contributed by atoms with Gasteiger partial charge in [0.2, 0.25) is 0 Å². The summed E-state index contributed by atoms with van der Waals surface area (Å²) in [5, 5.41) is 0. The summed E-state index contributed by atoms with van der Waals surface area (Å²) >= 11 is 1.62. The summed E-state index contributed by atoms with van der Waals surface area (Å²) < 4.78 is 5.62. The maximum absolute atomic E-state index is 12.6. The molecule has 0 amide bonds. The topological polar surface area (TPSA) is 26.3 Å². The Kier molecular flexibility index (Phi) is 3.38. The molecular formula is C16H16O2S. The molecule has 1 atom stereocenters. The average Bonchev–Trinajstić information content (AvgIpc) is 2.95. The van der Waals surface area contributed by atoms with E-state index in [4.69, 9.17) is 4.74 Å². The third-order valence-electron chi connectivity index (χ3n) is 3.53. The molecule has 0 saturated carbocycles. The van der Waals surface area contributed by atoms with E-state index < -0.39 is 0 Å². The summed E-state index contributed by atoms with van der Waals surface area (Å²) in [6.07, 6.45) is 1.76. The van der Waals surface area contributed by atoms with Crippen molar-refractivity contribution in [1.29, 1.82) is 0 Å². The second kappa shape index (κ2) is 5.17. The highest BCUT2D eigenvalue weighted by Crippen LogP contribution is 2.36. The number of ketones is 1. The molecule has 0 saturated heterocycles. The summed E-state index contributed by atoms with van der Waals surface area (Å²) in [5.74, 6) is 1.05. The van der Waals surface area contributed by atoms with E-state index in [2.05, 4.69) is 13.0 Å². The highest BCUT2D eigenvalue weighted by molar-refractivity contribution is 7.14. The van der Waals surface area contributed by atoms with E-state index in [1.807, 2.05) is 30.3 Å². The maximum atomic E-state index is 12.6. The monoisotopic (exact) mass is 272 g/mol. The lowest BCUT2D eigenvalue weighted by atomic mass is 9.89. The van der Waals surface area contributed by atoms with E-state index in [1.54, 1.807) is 11.3 Å². The number of carbonyl (C=O) groups is 1. The SMILES string of the molecule is CCc1ccc(C(=O)C2CCOc3ccccc32)s1. The first-order valence-electron chi connectivity index (χ1n) is 6.64. The van der Waals surface area contributed by atoms with Gasteiger partial charge in [-0.1, -0.05) is 25.1 Å². The Hall–Kier alpha value is -1.61. The fraction of sp³-hybridized carbons (Fsp3) is 0.312. The molecule has 2 nitrogen and oxygen atoms in total. The number of Topliss-reactive ketones (excluding diaryl/α,β-unsaturated/α-hetero) is 1. The molecule has 0 aliphatic carbocycles. The van der Waals surface area contributed by atoms with Crippen LogP contribution in [0.1, 0.15) is 39.4 Å². The molecule has 1 aromatic heterocycles. The Labute approximate surface area is 117 Å². The van der Waals surface area contributed by atoms with E-state index in [0.717, 1.165) is 29.0 Å². The third-order valence-corrected chi connectivity index (χ3v) is 4.77. The smallest absolute Gasteiger partial charge is 0.180 e. The molecule has 3 heteroatoms. The summed E-state index contributed by atoms with van der Waals surface area (Å²) in [5.41, 5.74) is 1.03. The Balaban J connectivity index is 1.93. The number of fused-ring (bicyclic) bond motifs is 1.